The van der Waals surface area contributed by atoms with Gasteiger partial charge in [-0.3, -0.25) is 9.59 Å². The summed E-state index contributed by atoms with van der Waals surface area (Å²) in [6, 6.07) is 16.7. The number of benzene rings is 2. The molecule has 28 heavy (non-hydrogen) atoms. The number of anilines is 1. The molecule has 2 bridgehead atoms. The van der Waals surface area contributed by atoms with E-state index in [9.17, 15) is 14.9 Å². The van der Waals surface area contributed by atoms with Crippen LogP contribution < -0.4 is 4.90 Å². The minimum Gasteiger partial charge on any atom is -0.373 e. The number of carbonyl (C=O) groups is 2. The number of nitriles is 1. The Bertz CT molecular complexity index is 988. The molecule has 3 fully saturated rings. The first-order chi connectivity index (χ1) is 13.6. The molecule has 5 atom stereocenters. The fourth-order valence-corrected chi connectivity index (χ4v) is 5.11. The molecule has 0 radical (unpaired) electrons. The van der Waals surface area contributed by atoms with Crippen molar-refractivity contribution in [3.05, 3.63) is 64.7 Å². The summed E-state index contributed by atoms with van der Waals surface area (Å²) in [6.07, 6.45) is 1.37. The van der Waals surface area contributed by atoms with Gasteiger partial charge in [0.1, 0.15) is 0 Å². The molecule has 5 rings (SSSR count). The van der Waals surface area contributed by atoms with Crippen LogP contribution in [-0.2, 0) is 14.3 Å². The van der Waals surface area contributed by atoms with E-state index >= 15 is 0 Å². The number of halogens is 1. The van der Waals surface area contributed by atoms with Crippen molar-refractivity contribution >= 4 is 29.1 Å². The second-order valence-corrected chi connectivity index (χ2v) is 7.94. The second kappa shape index (κ2) is 6.44. The standard InChI is InChI=1S/C22H17ClN2O3/c23-16-10-13(6-7-14(16)15(11-24)12-4-2-1-3-5-12)25-21(26)19-17-8-9-18(28-17)20(19)22(25)27/h1-7,10,15,17-20H,8-9H2/t15?,17-,18+,19-,20+. The molecule has 6 heteroatoms. The Labute approximate surface area is 167 Å². The Hall–Kier alpha value is -2.68. The van der Waals surface area contributed by atoms with Crippen molar-refractivity contribution in [3.63, 3.8) is 0 Å². The maximum absolute atomic E-state index is 12.9. The Morgan fingerprint density at radius 3 is 2.25 bits per heavy atom. The molecule has 2 aromatic rings. The molecule has 0 spiro atoms. The van der Waals surface area contributed by atoms with Crippen molar-refractivity contribution in [3.8, 4) is 6.07 Å². The summed E-state index contributed by atoms with van der Waals surface area (Å²) in [5.74, 6) is -1.67. The van der Waals surface area contributed by atoms with Crippen molar-refractivity contribution in [2.24, 2.45) is 11.8 Å². The summed E-state index contributed by atoms with van der Waals surface area (Å²) >= 11 is 6.49. The summed E-state index contributed by atoms with van der Waals surface area (Å²) in [7, 11) is 0. The van der Waals surface area contributed by atoms with E-state index in [1.165, 1.54) is 4.90 Å². The van der Waals surface area contributed by atoms with Gasteiger partial charge in [-0.15, -0.1) is 0 Å². The van der Waals surface area contributed by atoms with Crippen molar-refractivity contribution in [1.82, 2.24) is 0 Å². The van der Waals surface area contributed by atoms with Gasteiger partial charge in [-0.1, -0.05) is 48.0 Å². The first kappa shape index (κ1) is 17.4. The lowest BCUT2D eigenvalue weighted by molar-refractivity contribution is -0.124. The maximum Gasteiger partial charge on any atom is 0.240 e. The second-order valence-electron chi connectivity index (χ2n) is 7.53. The Kier molecular flexibility index (Phi) is 4.01. The minimum atomic E-state index is -0.517. The summed E-state index contributed by atoms with van der Waals surface area (Å²) in [5, 5.41) is 10.0. The number of rotatable bonds is 3. The lowest BCUT2D eigenvalue weighted by Gasteiger charge is -2.19. The largest absolute Gasteiger partial charge is 0.373 e. The molecule has 3 saturated heterocycles. The lowest BCUT2D eigenvalue weighted by Crippen LogP contribution is -2.34. The van der Waals surface area contributed by atoms with Gasteiger partial charge >= 0.3 is 0 Å². The number of carbonyl (C=O) groups excluding carboxylic acids is 2. The summed E-state index contributed by atoms with van der Waals surface area (Å²) in [6.45, 7) is 0. The number of hydrogen-bond acceptors (Lipinski definition) is 4. The van der Waals surface area contributed by atoms with Crippen LogP contribution >= 0.6 is 11.6 Å². The van der Waals surface area contributed by atoms with Crippen LogP contribution in [0.5, 0.6) is 0 Å². The third kappa shape index (κ3) is 2.42. The van der Waals surface area contributed by atoms with Gasteiger partial charge in [0.05, 0.1) is 41.7 Å². The van der Waals surface area contributed by atoms with Crippen LogP contribution in [-0.4, -0.2) is 24.0 Å². The molecule has 2 aromatic carbocycles. The van der Waals surface area contributed by atoms with Crippen molar-refractivity contribution < 1.29 is 14.3 Å². The highest BCUT2D eigenvalue weighted by Gasteiger charge is 2.62. The first-order valence-electron chi connectivity index (χ1n) is 9.37. The van der Waals surface area contributed by atoms with Crippen LogP contribution in [0.2, 0.25) is 5.02 Å². The number of fused-ring (bicyclic) bond motifs is 5. The highest BCUT2D eigenvalue weighted by molar-refractivity contribution is 6.32. The Morgan fingerprint density at radius 2 is 1.68 bits per heavy atom. The first-order valence-corrected chi connectivity index (χ1v) is 9.75. The van der Waals surface area contributed by atoms with Crippen LogP contribution in [0.25, 0.3) is 0 Å². The lowest BCUT2D eigenvalue weighted by atomic mass is 9.81. The fourth-order valence-electron chi connectivity index (χ4n) is 4.82. The number of amides is 2. The zero-order chi connectivity index (χ0) is 19.4. The van der Waals surface area contributed by atoms with E-state index in [2.05, 4.69) is 6.07 Å². The monoisotopic (exact) mass is 392 g/mol. The fraction of sp³-hybridized carbons (Fsp3) is 0.318. The van der Waals surface area contributed by atoms with E-state index in [1.54, 1.807) is 18.2 Å². The van der Waals surface area contributed by atoms with Gasteiger partial charge in [0, 0.05) is 5.02 Å². The van der Waals surface area contributed by atoms with Crippen molar-refractivity contribution in [1.29, 1.82) is 5.26 Å². The molecule has 5 nitrogen and oxygen atoms in total. The van der Waals surface area contributed by atoms with Gasteiger partial charge in [-0.05, 0) is 36.1 Å². The molecule has 3 heterocycles. The highest BCUT2D eigenvalue weighted by atomic mass is 35.5. The van der Waals surface area contributed by atoms with Gasteiger partial charge in [0.25, 0.3) is 0 Å². The third-order valence-electron chi connectivity index (χ3n) is 6.10. The van der Waals surface area contributed by atoms with Gasteiger partial charge < -0.3 is 4.74 Å². The average molecular weight is 393 g/mol. The molecular formula is C22H17ClN2O3. The molecule has 0 aromatic heterocycles. The van der Waals surface area contributed by atoms with Crippen molar-refractivity contribution in [2.45, 2.75) is 31.0 Å². The Balaban J connectivity index is 1.48. The van der Waals surface area contributed by atoms with Gasteiger partial charge in [-0.2, -0.15) is 5.26 Å². The molecule has 0 aliphatic carbocycles. The zero-order valence-electron chi connectivity index (χ0n) is 14.9. The number of nitrogens with zero attached hydrogens (tertiary/aromatic N) is 2. The minimum absolute atomic E-state index is 0.146. The van der Waals surface area contributed by atoms with E-state index in [-0.39, 0.29) is 35.9 Å². The summed E-state index contributed by atoms with van der Waals surface area (Å²) in [5.41, 5.74) is 1.96. The van der Waals surface area contributed by atoms with Crippen molar-refractivity contribution in [2.75, 3.05) is 4.90 Å². The van der Waals surface area contributed by atoms with E-state index in [1.807, 2.05) is 30.3 Å². The van der Waals surface area contributed by atoms with Crippen LogP contribution in [0.3, 0.4) is 0 Å². The predicted octanol–water partition coefficient (Wildman–Crippen LogP) is 3.66. The molecule has 3 aliphatic rings. The van der Waals surface area contributed by atoms with Gasteiger partial charge in [0.15, 0.2) is 0 Å². The smallest absolute Gasteiger partial charge is 0.240 e. The normalized spacial score (nSPS) is 29.1. The molecule has 0 saturated carbocycles. The van der Waals surface area contributed by atoms with E-state index in [0.717, 1.165) is 18.4 Å². The number of ether oxygens (including phenoxy) is 1. The predicted molar refractivity (Wildman–Crippen MR) is 103 cm³/mol. The van der Waals surface area contributed by atoms with Crippen LogP contribution in [0.1, 0.15) is 29.9 Å². The average Bonchev–Trinajstić information content (AvgIpc) is 3.38. The van der Waals surface area contributed by atoms with Crippen LogP contribution in [0, 0.1) is 23.2 Å². The van der Waals surface area contributed by atoms with E-state index < -0.39 is 5.92 Å². The maximum atomic E-state index is 12.9. The third-order valence-corrected chi connectivity index (χ3v) is 6.43. The number of imide groups is 1. The molecular weight excluding hydrogens is 376 g/mol. The molecule has 1 unspecified atom stereocenters. The molecule has 0 N–H and O–H groups in total. The Morgan fingerprint density at radius 1 is 1.04 bits per heavy atom. The quantitative estimate of drug-likeness (QED) is 0.747. The topological polar surface area (TPSA) is 70.4 Å². The molecule has 2 amide bonds. The molecule has 3 aliphatic heterocycles. The van der Waals surface area contributed by atoms with E-state index in [0.29, 0.717) is 16.3 Å². The zero-order valence-corrected chi connectivity index (χ0v) is 15.7. The summed E-state index contributed by atoms with van der Waals surface area (Å²) < 4.78 is 5.77. The van der Waals surface area contributed by atoms with Gasteiger partial charge in [0.2, 0.25) is 11.8 Å². The van der Waals surface area contributed by atoms with Gasteiger partial charge in [-0.25, -0.2) is 4.90 Å². The number of hydrogen-bond donors (Lipinski definition) is 0. The van der Waals surface area contributed by atoms with E-state index in [4.69, 9.17) is 16.3 Å². The summed E-state index contributed by atoms with van der Waals surface area (Å²) in [4.78, 5) is 27.1. The van der Waals surface area contributed by atoms with Crippen LogP contribution in [0.4, 0.5) is 5.69 Å². The van der Waals surface area contributed by atoms with Crippen LogP contribution in [0.15, 0.2) is 48.5 Å². The molecule has 140 valence electrons. The SMILES string of the molecule is N#CC(c1ccccc1)c1ccc(N2C(=O)[C@@H]3[C@H](C2=O)[C@H]2CC[C@@H]3O2)cc1Cl. The highest BCUT2D eigenvalue weighted by Crippen LogP contribution is 2.49.